The third-order valence-corrected chi connectivity index (χ3v) is 2.37. The number of hydrogen-bond acceptors (Lipinski definition) is 2. The molecule has 88 valence electrons. The fourth-order valence-electron chi connectivity index (χ4n) is 1.59. The van der Waals surface area contributed by atoms with Crippen LogP contribution in [0.15, 0.2) is 30.5 Å². The number of aromatic amines is 1. The van der Waals surface area contributed by atoms with Crippen molar-refractivity contribution < 1.29 is 13.6 Å². The summed E-state index contributed by atoms with van der Waals surface area (Å²) in [6.07, 6.45) is -1.41. The molecule has 0 radical (unpaired) electrons. The Hall–Kier alpha value is -2.24. The third-order valence-electron chi connectivity index (χ3n) is 2.37. The Morgan fingerprint density at radius 3 is 2.71 bits per heavy atom. The Morgan fingerprint density at radius 1 is 1.35 bits per heavy atom. The predicted octanol–water partition coefficient (Wildman–Crippen LogP) is 2.11. The quantitative estimate of drug-likeness (QED) is 0.858. The van der Waals surface area contributed by atoms with Gasteiger partial charge in [0.25, 0.3) is 12.3 Å². The number of aromatic nitrogens is 2. The lowest BCUT2D eigenvalue weighted by atomic mass is 10.0. The Labute approximate surface area is 95.4 Å². The minimum Gasteiger partial charge on any atom is -0.365 e. The minimum absolute atomic E-state index is 0.0955. The summed E-state index contributed by atoms with van der Waals surface area (Å²) >= 11 is 0. The van der Waals surface area contributed by atoms with Crippen molar-refractivity contribution in [3.05, 3.63) is 41.6 Å². The van der Waals surface area contributed by atoms with E-state index in [9.17, 15) is 13.6 Å². The lowest BCUT2D eigenvalue weighted by Crippen LogP contribution is -2.11. The van der Waals surface area contributed by atoms with Crippen molar-refractivity contribution in [1.82, 2.24) is 10.2 Å². The van der Waals surface area contributed by atoms with E-state index in [0.29, 0.717) is 0 Å². The van der Waals surface area contributed by atoms with E-state index in [0.717, 1.165) is 0 Å². The highest BCUT2D eigenvalue weighted by molar-refractivity contribution is 5.98. The number of amides is 1. The molecule has 2 aromatic rings. The minimum atomic E-state index is -2.63. The number of hydrogen-bond donors (Lipinski definition) is 2. The van der Waals surface area contributed by atoms with Crippen LogP contribution in [0.3, 0.4) is 0 Å². The fraction of sp³-hybridized carbons (Fsp3) is 0.0909. The molecule has 0 saturated heterocycles. The van der Waals surface area contributed by atoms with Gasteiger partial charge in [0, 0.05) is 11.1 Å². The van der Waals surface area contributed by atoms with Gasteiger partial charge in [0.15, 0.2) is 0 Å². The van der Waals surface area contributed by atoms with E-state index >= 15 is 0 Å². The first-order valence-electron chi connectivity index (χ1n) is 4.82. The summed E-state index contributed by atoms with van der Waals surface area (Å²) in [5.74, 6) is -0.710. The molecule has 0 aliphatic rings. The first kappa shape index (κ1) is 11.3. The summed E-state index contributed by atoms with van der Waals surface area (Å²) < 4.78 is 25.6. The first-order chi connectivity index (χ1) is 8.11. The molecular weight excluding hydrogens is 228 g/mol. The molecule has 0 fully saturated rings. The molecule has 0 bridgehead atoms. The molecule has 0 unspecified atom stereocenters. The van der Waals surface area contributed by atoms with Crippen LogP contribution in [0.25, 0.3) is 11.3 Å². The highest BCUT2D eigenvalue weighted by atomic mass is 19.3. The predicted molar refractivity (Wildman–Crippen MR) is 57.5 cm³/mol. The molecule has 0 aliphatic carbocycles. The lowest BCUT2D eigenvalue weighted by Gasteiger charge is -2.07. The van der Waals surface area contributed by atoms with E-state index < -0.39 is 12.3 Å². The van der Waals surface area contributed by atoms with Crippen molar-refractivity contribution in [2.45, 2.75) is 6.43 Å². The molecule has 1 heterocycles. The topological polar surface area (TPSA) is 71.8 Å². The zero-order valence-electron chi connectivity index (χ0n) is 8.65. The van der Waals surface area contributed by atoms with Crippen LogP contribution in [0, 0.1) is 0 Å². The van der Waals surface area contributed by atoms with Crippen LogP contribution in [0.2, 0.25) is 0 Å². The van der Waals surface area contributed by atoms with Gasteiger partial charge in [-0.3, -0.25) is 9.89 Å². The van der Waals surface area contributed by atoms with E-state index in [1.165, 1.54) is 24.4 Å². The summed E-state index contributed by atoms with van der Waals surface area (Å²) in [4.78, 5) is 11.1. The molecule has 4 nitrogen and oxygen atoms in total. The number of carbonyl (C=O) groups excluding carboxylic acids is 1. The van der Waals surface area contributed by atoms with Crippen LogP contribution in [0.5, 0.6) is 0 Å². The molecule has 0 aliphatic heterocycles. The summed E-state index contributed by atoms with van der Waals surface area (Å²) in [5.41, 5.74) is 5.51. The summed E-state index contributed by atoms with van der Waals surface area (Å²) in [6.45, 7) is 0. The summed E-state index contributed by atoms with van der Waals surface area (Å²) in [5, 5.41) is 6.16. The molecule has 0 atom stereocenters. The molecule has 3 N–H and O–H groups in total. The number of alkyl halides is 2. The SMILES string of the molecule is NC(=O)c1cn[nH]c1-c1ccccc1C(F)F. The van der Waals surface area contributed by atoms with Crippen LogP contribution in [-0.4, -0.2) is 16.1 Å². The molecule has 1 aromatic heterocycles. The Balaban J connectivity index is 2.60. The smallest absolute Gasteiger partial charge is 0.264 e. The van der Waals surface area contributed by atoms with Crippen molar-refractivity contribution >= 4 is 5.91 Å². The van der Waals surface area contributed by atoms with Gasteiger partial charge >= 0.3 is 0 Å². The summed E-state index contributed by atoms with van der Waals surface area (Å²) in [7, 11) is 0. The monoisotopic (exact) mass is 237 g/mol. The maximum atomic E-state index is 12.8. The van der Waals surface area contributed by atoms with Crippen molar-refractivity contribution in [3.8, 4) is 11.3 Å². The van der Waals surface area contributed by atoms with Gasteiger partial charge in [-0.2, -0.15) is 5.10 Å². The number of nitrogens with one attached hydrogen (secondary N) is 1. The number of H-pyrrole nitrogens is 1. The highest BCUT2D eigenvalue weighted by Crippen LogP contribution is 2.31. The second kappa shape index (κ2) is 4.32. The van der Waals surface area contributed by atoms with Gasteiger partial charge in [0.1, 0.15) is 0 Å². The van der Waals surface area contributed by atoms with E-state index in [-0.39, 0.29) is 22.4 Å². The number of halogens is 2. The third kappa shape index (κ3) is 2.01. The Bertz CT molecular complexity index is 551. The van der Waals surface area contributed by atoms with Crippen molar-refractivity contribution in [2.24, 2.45) is 5.73 Å². The highest BCUT2D eigenvalue weighted by Gasteiger charge is 2.19. The molecule has 1 amide bonds. The molecule has 2 rings (SSSR count). The Morgan fingerprint density at radius 2 is 2.06 bits per heavy atom. The van der Waals surface area contributed by atoms with Crippen LogP contribution in [-0.2, 0) is 0 Å². The standard InChI is InChI=1S/C11H9F2N3O/c12-10(13)7-4-2-1-3-6(7)9-8(11(14)17)5-15-16-9/h1-5,10H,(H2,14,17)(H,15,16). The normalized spacial score (nSPS) is 10.8. The van der Waals surface area contributed by atoms with Crippen LogP contribution in [0.1, 0.15) is 22.3 Å². The van der Waals surface area contributed by atoms with Gasteiger partial charge in [0.05, 0.1) is 17.5 Å². The number of carbonyl (C=O) groups is 1. The van der Waals surface area contributed by atoms with E-state index in [1.54, 1.807) is 6.07 Å². The maximum Gasteiger partial charge on any atom is 0.264 e. The van der Waals surface area contributed by atoms with Crippen LogP contribution in [0.4, 0.5) is 8.78 Å². The van der Waals surface area contributed by atoms with Crippen LogP contribution >= 0.6 is 0 Å². The number of primary amides is 1. The molecule has 1 aromatic carbocycles. The van der Waals surface area contributed by atoms with Gasteiger partial charge in [-0.05, 0) is 0 Å². The Kier molecular flexibility index (Phi) is 2.86. The average Bonchev–Trinajstić information content (AvgIpc) is 2.77. The van der Waals surface area contributed by atoms with E-state index in [4.69, 9.17) is 5.73 Å². The molecule has 6 heteroatoms. The summed E-state index contributed by atoms with van der Waals surface area (Å²) in [6, 6.07) is 5.89. The second-order valence-corrected chi connectivity index (χ2v) is 3.41. The van der Waals surface area contributed by atoms with Gasteiger partial charge in [-0.15, -0.1) is 0 Å². The average molecular weight is 237 g/mol. The second-order valence-electron chi connectivity index (χ2n) is 3.41. The van der Waals surface area contributed by atoms with Crippen molar-refractivity contribution in [1.29, 1.82) is 0 Å². The zero-order chi connectivity index (χ0) is 12.4. The van der Waals surface area contributed by atoms with E-state index in [1.807, 2.05) is 0 Å². The largest absolute Gasteiger partial charge is 0.365 e. The maximum absolute atomic E-state index is 12.8. The molecule has 17 heavy (non-hydrogen) atoms. The molecule has 0 spiro atoms. The van der Waals surface area contributed by atoms with E-state index in [2.05, 4.69) is 10.2 Å². The zero-order valence-corrected chi connectivity index (χ0v) is 8.65. The number of nitrogens with two attached hydrogens (primary N) is 1. The van der Waals surface area contributed by atoms with Crippen molar-refractivity contribution in [3.63, 3.8) is 0 Å². The first-order valence-corrected chi connectivity index (χ1v) is 4.82. The molecule has 0 saturated carbocycles. The van der Waals surface area contributed by atoms with Gasteiger partial charge < -0.3 is 5.73 Å². The van der Waals surface area contributed by atoms with Crippen LogP contribution < -0.4 is 5.73 Å². The van der Waals surface area contributed by atoms with Gasteiger partial charge in [-0.1, -0.05) is 24.3 Å². The number of nitrogens with zero attached hydrogens (tertiary/aromatic N) is 1. The lowest BCUT2D eigenvalue weighted by molar-refractivity contribution is 0.100. The van der Waals surface area contributed by atoms with Gasteiger partial charge in [-0.25, -0.2) is 8.78 Å². The number of benzene rings is 1. The van der Waals surface area contributed by atoms with Crippen molar-refractivity contribution in [2.75, 3.05) is 0 Å². The number of rotatable bonds is 3. The van der Waals surface area contributed by atoms with Gasteiger partial charge in [0.2, 0.25) is 0 Å². The molecular formula is C11H9F2N3O. The fourth-order valence-corrected chi connectivity index (χ4v) is 1.59.